The first kappa shape index (κ1) is 15.0. The van der Waals surface area contributed by atoms with Crippen molar-refractivity contribution in [2.45, 2.75) is 24.3 Å². The Balaban J connectivity index is 2.25. The Morgan fingerprint density at radius 1 is 1.40 bits per heavy atom. The molecule has 2 heterocycles. The predicted octanol–water partition coefficient (Wildman–Crippen LogP) is 0.115. The summed E-state index contributed by atoms with van der Waals surface area (Å²) in [6.07, 6.45) is 1.27. The zero-order valence-corrected chi connectivity index (χ0v) is 12.4. The summed E-state index contributed by atoms with van der Waals surface area (Å²) >= 11 is 0. The van der Waals surface area contributed by atoms with Crippen LogP contribution in [0.1, 0.15) is 24.3 Å². The van der Waals surface area contributed by atoms with Gasteiger partial charge in [0.25, 0.3) is 0 Å². The number of sulfonamides is 1. The van der Waals surface area contributed by atoms with Crippen molar-refractivity contribution in [3.05, 3.63) is 18.0 Å². The normalized spacial score (nSPS) is 19.1. The van der Waals surface area contributed by atoms with Crippen LogP contribution < -0.4 is 0 Å². The zero-order valence-electron chi connectivity index (χ0n) is 11.6. The number of nitrogens with zero attached hydrogens (tertiary/aromatic N) is 2. The summed E-state index contributed by atoms with van der Waals surface area (Å²) in [4.78, 5) is 10.9. The molecule has 0 aliphatic carbocycles. The molecule has 1 aliphatic heterocycles. The van der Waals surface area contributed by atoms with Crippen LogP contribution in [0.15, 0.2) is 17.2 Å². The quantitative estimate of drug-likeness (QED) is 0.822. The van der Waals surface area contributed by atoms with Gasteiger partial charge in [0.05, 0.1) is 5.60 Å². The van der Waals surface area contributed by atoms with E-state index in [-0.39, 0.29) is 29.6 Å². The summed E-state index contributed by atoms with van der Waals surface area (Å²) in [6, 6.07) is 1.13. The van der Waals surface area contributed by atoms with Crippen molar-refractivity contribution < 1.29 is 23.4 Å². The van der Waals surface area contributed by atoms with E-state index in [1.54, 1.807) is 0 Å². The van der Waals surface area contributed by atoms with E-state index in [2.05, 4.69) is 0 Å². The molecule has 0 atom stereocenters. The maximum Gasteiger partial charge on any atom is 0.352 e. The fourth-order valence-corrected chi connectivity index (χ4v) is 3.77. The van der Waals surface area contributed by atoms with Gasteiger partial charge in [-0.25, -0.2) is 13.2 Å². The lowest BCUT2D eigenvalue weighted by molar-refractivity contribution is -0.0932. The molecule has 7 nitrogen and oxygen atoms in total. The molecular weight excluding hydrogens is 284 g/mol. The SMILES string of the molecule is CC(C)C1(O)CN(S(=O)(=O)c2cc(C(=O)O)n(C)c2)C1. The molecule has 0 bridgehead atoms. The van der Waals surface area contributed by atoms with Gasteiger partial charge in [-0.1, -0.05) is 13.8 Å². The van der Waals surface area contributed by atoms with Crippen LogP contribution in [0.4, 0.5) is 0 Å². The van der Waals surface area contributed by atoms with Gasteiger partial charge in [0.1, 0.15) is 10.6 Å². The molecule has 8 heteroatoms. The Labute approximate surface area is 117 Å². The van der Waals surface area contributed by atoms with E-state index < -0.39 is 21.6 Å². The summed E-state index contributed by atoms with van der Waals surface area (Å²) in [5.41, 5.74) is -1.10. The van der Waals surface area contributed by atoms with Crippen molar-refractivity contribution >= 4 is 16.0 Å². The maximum absolute atomic E-state index is 12.3. The van der Waals surface area contributed by atoms with Crippen LogP contribution in [-0.4, -0.2) is 52.2 Å². The summed E-state index contributed by atoms with van der Waals surface area (Å²) in [5.74, 6) is -1.23. The number of aromatic carboxylic acids is 1. The Kier molecular flexibility index (Phi) is 3.43. The second-order valence-electron chi connectivity index (χ2n) is 5.51. The highest BCUT2D eigenvalue weighted by atomic mass is 32.2. The van der Waals surface area contributed by atoms with E-state index in [0.717, 1.165) is 10.4 Å². The van der Waals surface area contributed by atoms with Gasteiger partial charge in [0.2, 0.25) is 10.0 Å². The van der Waals surface area contributed by atoms with Crippen LogP contribution in [0, 0.1) is 5.92 Å². The summed E-state index contributed by atoms with van der Waals surface area (Å²) in [6.45, 7) is 3.72. The van der Waals surface area contributed by atoms with Gasteiger partial charge < -0.3 is 14.8 Å². The molecule has 1 aromatic heterocycles. The van der Waals surface area contributed by atoms with Gasteiger partial charge in [-0.15, -0.1) is 0 Å². The van der Waals surface area contributed by atoms with Crippen molar-refractivity contribution in [3.8, 4) is 0 Å². The Morgan fingerprint density at radius 3 is 2.35 bits per heavy atom. The molecule has 0 radical (unpaired) electrons. The topological polar surface area (TPSA) is 99.8 Å². The van der Waals surface area contributed by atoms with Crippen molar-refractivity contribution in [1.29, 1.82) is 0 Å². The molecule has 2 rings (SSSR count). The fourth-order valence-electron chi connectivity index (χ4n) is 2.14. The average Bonchev–Trinajstić information content (AvgIpc) is 2.67. The second-order valence-corrected chi connectivity index (χ2v) is 7.45. The molecule has 0 amide bonds. The van der Waals surface area contributed by atoms with Crippen molar-refractivity contribution in [3.63, 3.8) is 0 Å². The molecule has 112 valence electrons. The van der Waals surface area contributed by atoms with Crippen LogP contribution >= 0.6 is 0 Å². The molecule has 1 aromatic rings. The van der Waals surface area contributed by atoms with Crippen LogP contribution in [0.2, 0.25) is 0 Å². The molecule has 20 heavy (non-hydrogen) atoms. The third-order valence-electron chi connectivity index (χ3n) is 3.81. The highest BCUT2D eigenvalue weighted by molar-refractivity contribution is 7.89. The van der Waals surface area contributed by atoms with Gasteiger partial charge in [0, 0.05) is 26.3 Å². The fraction of sp³-hybridized carbons (Fsp3) is 0.583. The summed E-state index contributed by atoms with van der Waals surface area (Å²) < 4.78 is 27.1. The number of carboxylic acids is 1. The molecule has 2 N–H and O–H groups in total. The first-order valence-electron chi connectivity index (χ1n) is 6.20. The minimum Gasteiger partial charge on any atom is -0.477 e. The van der Waals surface area contributed by atoms with Gasteiger partial charge in [-0.3, -0.25) is 0 Å². The van der Waals surface area contributed by atoms with Crippen LogP contribution in [0.25, 0.3) is 0 Å². The first-order valence-corrected chi connectivity index (χ1v) is 7.64. The molecule has 0 unspecified atom stereocenters. The number of aliphatic hydroxyl groups is 1. The molecule has 0 saturated carbocycles. The largest absolute Gasteiger partial charge is 0.477 e. The number of hydrogen-bond donors (Lipinski definition) is 2. The number of hydrogen-bond acceptors (Lipinski definition) is 4. The molecule has 0 spiro atoms. The van der Waals surface area contributed by atoms with Crippen LogP contribution in [0.3, 0.4) is 0 Å². The lowest BCUT2D eigenvalue weighted by atomic mass is 9.85. The third-order valence-corrected chi connectivity index (χ3v) is 5.57. The first-order chi connectivity index (χ1) is 9.08. The zero-order chi connectivity index (χ0) is 15.3. The van der Waals surface area contributed by atoms with Crippen molar-refractivity contribution in [2.24, 2.45) is 13.0 Å². The van der Waals surface area contributed by atoms with Gasteiger partial charge in [-0.05, 0) is 12.0 Å². The molecule has 0 aromatic carbocycles. The number of carbonyl (C=O) groups is 1. The highest BCUT2D eigenvalue weighted by Crippen LogP contribution is 2.33. The van der Waals surface area contributed by atoms with Crippen molar-refractivity contribution in [1.82, 2.24) is 8.87 Å². The number of carboxylic acid groups (broad SMARTS) is 1. The van der Waals surface area contributed by atoms with E-state index >= 15 is 0 Å². The van der Waals surface area contributed by atoms with Crippen LogP contribution in [0.5, 0.6) is 0 Å². The highest BCUT2D eigenvalue weighted by Gasteiger charge is 2.49. The number of β-amino-alcohol motifs (C(OH)–C–C–N with tert-alkyl or cyclic N) is 1. The Bertz CT molecular complexity index is 641. The third kappa shape index (κ3) is 2.23. The number of rotatable bonds is 4. The molecule has 1 saturated heterocycles. The predicted molar refractivity (Wildman–Crippen MR) is 70.9 cm³/mol. The lowest BCUT2D eigenvalue weighted by Gasteiger charge is -2.47. The van der Waals surface area contributed by atoms with E-state index in [4.69, 9.17) is 5.11 Å². The van der Waals surface area contributed by atoms with Crippen LogP contribution in [-0.2, 0) is 17.1 Å². The number of aryl methyl sites for hydroxylation is 1. The molecule has 1 aliphatic rings. The summed E-state index contributed by atoms with van der Waals surface area (Å²) in [7, 11) is -2.28. The van der Waals surface area contributed by atoms with E-state index in [9.17, 15) is 18.3 Å². The van der Waals surface area contributed by atoms with Gasteiger partial charge in [0.15, 0.2) is 0 Å². The Hall–Kier alpha value is -1.38. The van der Waals surface area contributed by atoms with Gasteiger partial charge in [-0.2, -0.15) is 4.31 Å². The minimum atomic E-state index is -3.75. The van der Waals surface area contributed by atoms with E-state index in [0.29, 0.717) is 0 Å². The average molecular weight is 302 g/mol. The molecular formula is C12H18N2O5S. The Morgan fingerprint density at radius 2 is 1.95 bits per heavy atom. The lowest BCUT2D eigenvalue weighted by Crippen LogP contribution is -2.65. The second kappa shape index (κ2) is 4.57. The standard InChI is InChI=1S/C12H18N2O5S/c1-8(2)12(17)6-14(7-12)20(18,19)9-4-10(11(15)16)13(3)5-9/h4-5,8,17H,6-7H2,1-3H3,(H,15,16). The van der Waals surface area contributed by atoms with E-state index in [1.807, 2.05) is 13.8 Å². The van der Waals surface area contributed by atoms with Crippen molar-refractivity contribution in [2.75, 3.05) is 13.1 Å². The van der Waals surface area contributed by atoms with Gasteiger partial charge >= 0.3 is 5.97 Å². The number of aromatic nitrogens is 1. The summed E-state index contributed by atoms with van der Waals surface area (Å²) in [5, 5.41) is 19.1. The maximum atomic E-state index is 12.3. The van der Waals surface area contributed by atoms with E-state index in [1.165, 1.54) is 17.8 Å². The smallest absolute Gasteiger partial charge is 0.352 e. The minimum absolute atomic E-state index is 0.0320. The monoisotopic (exact) mass is 302 g/mol. The molecule has 1 fully saturated rings.